The van der Waals surface area contributed by atoms with Crippen LogP contribution in [0.25, 0.3) is 11.1 Å². The Bertz CT molecular complexity index is 1210. The van der Waals surface area contributed by atoms with Crippen LogP contribution in [-0.2, 0) is 13.0 Å². The van der Waals surface area contributed by atoms with Crippen LogP contribution < -0.4 is 5.32 Å². The lowest BCUT2D eigenvalue weighted by Gasteiger charge is -2.11. The van der Waals surface area contributed by atoms with E-state index in [0.29, 0.717) is 30.8 Å². The van der Waals surface area contributed by atoms with Gasteiger partial charge in [0.15, 0.2) is 5.58 Å². The van der Waals surface area contributed by atoms with Crippen LogP contribution in [0.5, 0.6) is 0 Å². The highest BCUT2D eigenvalue weighted by atomic mass is 16.6. The van der Waals surface area contributed by atoms with Crippen molar-refractivity contribution in [2.24, 2.45) is 0 Å². The second-order valence-electron chi connectivity index (χ2n) is 6.98. The molecule has 0 saturated heterocycles. The minimum absolute atomic E-state index is 0.0145. The van der Waals surface area contributed by atoms with Gasteiger partial charge in [-0.25, -0.2) is 0 Å². The van der Waals surface area contributed by atoms with Crippen LogP contribution >= 0.6 is 0 Å². The number of aryl methyl sites for hydroxylation is 1. The molecule has 0 saturated carbocycles. The molecule has 8 nitrogen and oxygen atoms in total. The fourth-order valence-electron chi connectivity index (χ4n) is 3.42. The first-order valence-electron chi connectivity index (χ1n) is 9.52. The molecule has 1 aromatic carbocycles. The van der Waals surface area contributed by atoms with E-state index in [0.717, 1.165) is 22.5 Å². The quantitative estimate of drug-likeness (QED) is 0.372. The summed E-state index contributed by atoms with van der Waals surface area (Å²) in [5, 5.41) is 14.0. The maximum atomic E-state index is 12.9. The van der Waals surface area contributed by atoms with Gasteiger partial charge in [-0.05, 0) is 24.6 Å². The number of amides is 1. The summed E-state index contributed by atoms with van der Waals surface area (Å²) < 4.78 is 7.51. The average molecular weight is 404 g/mol. The Labute approximate surface area is 172 Å². The number of pyridine rings is 1. The number of aromatic nitrogens is 2. The standard InChI is InChI=1S/C22H20N4O4/c1-15-11-19-21(30-15)13-20(22(27)24-10-8-17-6-2-3-9-23-17)25(19)14-16-5-4-7-18(12-16)26(28)29/h2-7,9,11-13H,8,10,14H2,1H3,(H,24,27). The monoisotopic (exact) mass is 404 g/mol. The van der Waals surface area contributed by atoms with E-state index in [1.54, 1.807) is 24.4 Å². The molecular formula is C22H20N4O4. The fraction of sp³-hybridized carbons (Fsp3) is 0.182. The number of hydrogen-bond acceptors (Lipinski definition) is 5. The molecule has 30 heavy (non-hydrogen) atoms. The number of nitrogens with one attached hydrogen (secondary N) is 1. The van der Waals surface area contributed by atoms with E-state index in [-0.39, 0.29) is 11.6 Å². The van der Waals surface area contributed by atoms with Crippen molar-refractivity contribution < 1.29 is 14.1 Å². The van der Waals surface area contributed by atoms with E-state index in [4.69, 9.17) is 4.42 Å². The number of rotatable bonds is 7. The zero-order valence-electron chi connectivity index (χ0n) is 16.4. The van der Waals surface area contributed by atoms with Crippen molar-refractivity contribution in [1.82, 2.24) is 14.9 Å². The average Bonchev–Trinajstić information content (AvgIpc) is 3.26. The van der Waals surface area contributed by atoms with Gasteiger partial charge in [-0.15, -0.1) is 0 Å². The molecule has 3 aromatic heterocycles. The number of carbonyl (C=O) groups is 1. The van der Waals surface area contributed by atoms with Crippen molar-refractivity contribution in [3.8, 4) is 0 Å². The molecule has 0 unspecified atom stereocenters. The van der Waals surface area contributed by atoms with Crippen molar-refractivity contribution in [1.29, 1.82) is 0 Å². The molecule has 0 aliphatic carbocycles. The lowest BCUT2D eigenvalue weighted by Crippen LogP contribution is -2.28. The second-order valence-corrected chi connectivity index (χ2v) is 6.98. The first kappa shape index (κ1) is 19.4. The van der Waals surface area contributed by atoms with E-state index in [9.17, 15) is 14.9 Å². The number of fused-ring (bicyclic) bond motifs is 1. The summed E-state index contributed by atoms with van der Waals surface area (Å²) in [6.45, 7) is 2.59. The van der Waals surface area contributed by atoms with Gasteiger partial charge in [0, 0.05) is 55.7 Å². The number of furan rings is 1. The predicted molar refractivity (Wildman–Crippen MR) is 111 cm³/mol. The number of hydrogen-bond donors (Lipinski definition) is 1. The molecule has 0 aliphatic heterocycles. The highest BCUT2D eigenvalue weighted by Gasteiger charge is 2.19. The Morgan fingerprint density at radius 3 is 2.83 bits per heavy atom. The third-order valence-electron chi connectivity index (χ3n) is 4.80. The number of non-ortho nitro benzene ring substituents is 1. The molecule has 1 N–H and O–H groups in total. The normalized spacial score (nSPS) is 11.0. The first-order chi connectivity index (χ1) is 14.5. The molecule has 0 radical (unpaired) electrons. The van der Waals surface area contributed by atoms with Crippen molar-refractivity contribution in [3.05, 3.63) is 93.6 Å². The van der Waals surface area contributed by atoms with Crippen molar-refractivity contribution in [2.75, 3.05) is 6.54 Å². The smallest absolute Gasteiger partial charge is 0.269 e. The van der Waals surface area contributed by atoms with Crippen molar-refractivity contribution >= 4 is 22.7 Å². The van der Waals surface area contributed by atoms with Gasteiger partial charge >= 0.3 is 0 Å². The third kappa shape index (κ3) is 4.07. The summed E-state index contributed by atoms with van der Waals surface area (Å²) in [4.78, 5) is 27.8. The molecule has 4 aromatic rings. The van der Waals surface area contributed by atoms with Crippen LogP contribution in [-0.4, -0.2) is 26.9 Å². The molecule has 3 heterocycles. The Balaban J connectivity index is 1.58. The lowest BCUT2D eigenvalue weighted by molar-refractivity contribution is -0.384. The number of nitro benzene ring substituents is 1. The summed E-state index contributed by atoms with van der Waals surface area (Å²) in [5.74, 6) is 0.496. The zero-order valence-corrected chi connectivity index (χ0v) is 16.4. The Morgan fingerprint density at radius 1 is 1.20 bits per heavy atom. The fourth-order valence-corrected chi connectivity index (χ4v) is 3.42. The highest BCUT2D eigenvalue weighted by Crippen LogP contribution is 2.25. The molecule has 4 rings (SSSR count). The Kier molecular flexibility index (Phi) is 5.30. The Hall–Kier alpha value is -3.94. The summed E-state index contributed by atoms with van der Waals surface area (Å²) in [6, 6.07) is 15.6. The van der Waals surface area contributed by atoms with Crippen LogP contribution in [0.15, 0.2) is 65.2 Å². The SMILES string of the molecule is Cc1cc2c(cc(C(=O)NCCc3ccccn3)n2Cc2cccc([N+](=O)[O-])c2)o1. The molecule has 1 amide bonds. The zero-order chi connectivity index (χ0) is 21.1. The molecule has 0 aliphatic rings. The summed E-state index contributed by atoms with van der Waals surface area (Å²) in [5.41, 5.74) is 3.45. The molecule has 0 atom stereocenters. The van der Waals surface area contributed by atoms with Gasteiger partial charge in [-0.3, -0.25) is 19.9 Å². The van der Waals surface area contributed by atoms with Gasteiger partial charge in [0.05, 0.1) is 10.4 Å². The predicted octanol–water partition coefficient (Wildman–Crippen LogP) is 3.87. The lowest BCUT2D eigenvalue weighted by atomic mass is 10.2. The van der Waals surface area contributed by atoms with Crippen molar-refractivity contribution in [3.63, 3.8) is 0 Å². The molecule has 8 heteroatoms. The summed E-state index contributed by atoms with van der Waals surface area (Å²) in [6.07, 6.45) is 2.34. The number of benzene rings is 1. The number of nitrogens with zero attached hydrogens (tertiary/aromatic N) is 3. The molecule has 0 fully saturated rings. The molecule has 152 valence electrons. The summed E-state index contributed by atoms with van der Waals surface area (Å²) >= 11 is 0. The third-order valence-corrected chi connectivity index (χ3v) is 4.80. The first-order valence-corrected chi connectivity index (χ1v) is 9.52. The largest absolute Gasteiger partial charge is 0.460 e. The van der Waals surface area contributed by atoms with Crippen LogP contribution in [0.1, 0.15) is 27.5 Å². The topological polar surface area (TPSA) is 103 Å². The van der Waals surface area contributed by atoms with E-state index >= 15 is 0 Å². The van der Waals surface area contributed by atoms with Gasteiger partial charge in [-0.1, -0.05) is 18.2 Å². The maximum absolute atomic E-state index is 12.9. The van der Waals surface area contributed by atoms with Crippen LogP contribution in [0, 0.1) is 17.0 Å². The van der Waals surface area contributed by atoms with Gasteiger partial charge in [-0.2, -0.15) is 0 Å². The van der Waals surface area contributed by atoms with E-state index in [1.807, 2.05) is 35.8 Å². The molecule has 0 spiro atoms. The highest BCUT2D eigenvalue weighted by molar-refractivity contribution is 5.97. The van der Waals surface area contributed by atoms with Crippen LogP contribution in [0.3, 0.4) is 0 Å². The molecular weight excluding hydrogens is 384 g/mol. The molecule has 0 bridgehead atoms. The Morgan fingerprint density at radius 2 is 2.07 bits per heavy atom. The van der Waals surface area contributed by atoms with E-state index in [1.165, 1.54) is 12.1 Å². The van der Waals surface area contributed by atoms with Crippen LogP contribution in [0.2, 0.25) is 0 Å². The minimum atomic E-state index is -0.429. The van der Waals surface area contributed by atoms with Crippen molar-refractivity contribution in [2.45, 2.75) is 19.9 Å². The van der Waals surface area contributed by atoms with E-state index in [2.05, 4.69) is 10.3 Å². The maximum Gasteiger partial charge on any atom is 0.269 e. The van der Waals surface area contributed by atoms with Gasteiger partial charge < -0.3 is 14.3 Å². The second kappa shape index (κ2) is 8.20. The van der Waals surface area contributed by atoms with Crippen LogP contribution in [0.4, 0.5) is 5.69 Å². The van der Waals surface area contributed by atoms with Gasteiger partial charge in [0.25, 0.3) is 11.6 Å². The van der Waals surface area contributed by atoms with E-state index < -0.39 is 4.92 Å². The van der Waals surface area contributed by atoms with Gasteiger partial charge in [0.1, 0.15) is 11.5 Å². The number of carbonyl (C=O) groups excluding carboxylic acids is 1. The minimum Gasteiger partial charge on any atom is -0.460 e. The summed E-state index contributed by atoms with van der Waals surface area (Å²) in [7, 11) is 0. The number of nitro groups is 1. The van der Waals surface area contributed by atoms with Gasteiger partial charge in [0.2, 0.25) is 0 Å².